The Bertz CT molecular complexity index is 464. The van der Waals surface area contributed by atoms with Gasteiger partial charge < -0.3 is 0 Å². The van der Waals surface area contributed by atoms with Gasteiger partial charge in [0.05, 0.1) is 4.21 Å². The maximum absolute atomic E-state index is 5.87. The van der Waals surface area contributed by atoms with Gasteiger partial charge in [0.25, 0.3) is 0 Å². The quantitative estimate of drug-likeness (QED) is 0.417. The highest BCUT2D eigenvalue weighted by Gasteiger charge is 2.05. The zero-order valence-corrected chi connectivity index (χ0v) is 12.1. The van der Waals surface area contributed by atoms with Gasteiger partial charge in [-0.25, -0.2) is 0 Å². The van der Waals surface area contributed by atoms with Crippen molar-refractivity contribution >= 4 is 67.4 Å². The van der Waals surface area contributed by atoms with Crippen molar-refractivity contribution in [1.29, 1.82) is 0 Å². The van der Waals surface area contributed by atoms with E-state index < -0.39 is 0 Å². The van der Waals surface area contributed by atoms with Crippen molar-refractivity contribution in [1.82, 2.24) is 0 Å². The molecule has 2 rings (SSSR count). The van der Waals surface area contributed by atoms with Crippen LogP contribution in [0.1, 0.15) is 5.56 Å². The van der Waals surface area contributed by atoms with Crippen molar-refractivity contribution in [2.45, 2.75) is 10.1 Å². The van der Waals surface area contributed by atoms with Gasteiger partial charge in [0, 0.05) is 14.2 Å². The van der Waals surface area contributed by atoms with Crippen LogP contribution in [-0.4, -0.2) is 6.26 Å². The monoisotopic (exact) mass is 354 g/mol. The summed E-state index contributed by atoms with van der Waals surface area (Å²) in [5.74, 6) is 0.598. The van der Waals surface area contributed by atoms with Gasteiger partial charge >= 0.3 is 0 Å². The third-order valence-corrected chi connectivity index (χ3v) is 5.46. The molecule has 2 aromatic rings. The van der Waals surface area contributed by atoms with Gasteiger partial charge in [-0.15, -0.1) is 34.7 Å². The SMILES string of the molecule is CSc1cc2cc(I)c(CCl)cc2s1. The minimum atomic E-state index is 0.598. The molecule has 0 aliphatic carbocycles. The topological polar surface area (TPSA) is 0 Å². The second-order valence-electron chi connectivity index (χ2n) is 2.88. The first-order chi connectivity index (χ1) is 6.74. The lowest BCUT2D eigenvalue weighted by atomic mass is 10.2. The summed E-state index contributed by atoms with van der Waals surface area (Å²) >= 11 is 11.8. The van der Waals surface area contributed by atoms with E-state index in [1.54, 1.807) is 11.8 Å². The molecule has 0 unspecified atom stereocenters. The molecular weight excluding hydrogens is 347 g/mol. The number of hydrogen-bond donors (Lipinski definition) is 0. The van der Waals surface area contributed by atoms with Gasteiger partial charge in [-0.1, -0.05) is 0 Å². The summed E-state index contributed by atoms with van der Waals surface area (Å²) in [6, 6.07) is 6.66. The summed E-state index contributed by atoms with van der Waals surface area (Å²) in [6.07, 6.45) is 2.11. The minimum Gasteiger partial charge on any atom is -0.129 e. The lowest BCUT2D eigenvalue weighted by Gasteiger charge is -1.99. The Labute approximate surface area is 110 Å². The lowest BCUT2D eigenvalue weighted by Crippen LogP contribution is -1.82. The molecule has 1 aromatic carbocycles. The summed E-state index contributed by atoms with van der Waals surface area (Å²) in [5, 5.41) is 1.33. The molecule has 0 saturated heterocycles. The van der Waals surface area contributed by atoms with Crippen LogP contribution in [0.3, 0.4) is 0 Å². The number of thiophene rings is 1. The fraction of sp³-hybridized carbons (Fsp3) is 0.200. The number of fused-ring (bicyclic) bond motifs is 1. The van der Waals surface area contributed by atoms with Gasteiger partial charge in [0.2, 0.25) is 0 Å². The third-order valence-electron chi connectivity index (χ3n) is 2.01. The highest BCUT2D eigenvalue weighted by Crippen LogP contribution is 2.34. The fourth-order valence-corrected chi connectivity index (χ4v) is 4.10. The van der Waals surface area contributed by atoms with E-state index in [1.165, 1.54) is 23.4 Å². The average Bonchev–Trinajstić information content (AvgIpc) is 2.58. The average molecular weight is 355 g/mol. The fourth-order valence-electron chi connectivity index (χ4n) is 1.28. The molecule has 0 atom stereocenters. The number of hydrogen-bond acceptors (Lipinski definition) is 2. The summed E-state index contributed by atoms with van der Waals surface area (Å²) in [4.78, 5) is 0. The van der Waals surface area contributed by atoms with Crippen molar-refractivity contribution in [3.63, 3.8) is 0 Å². The molecule has 0 bridgehead atoms. The molecule has 0 saturated carbocycles. The summed E-state index contributed by atoms with van der Waals surface area (Å²) in [7, 11) is 0. The molecule has 4 heteroatoms. The molecule has 0 aliphatic heterocycles. The van der Waals surface area contributed by atoms with Gasteiger partial charge in [-0.3, -0.25) is 0 Å². The molecule has 0 fully saturated rings. The predicted molar refractivity (Wildman–Crippen MR) is 75.9 cm³/mol. The number of halogens is 2. The Hall–Kier alpha value is 0.550. The van der Waals surface area contributed by atoms with Crippen LogP contribution in [-0.2, 0) is 5.88 Å². The van der Waals surface area contributed by atoms with E-state index in [0.717, 1.165) is 0 Å². The van der Waals surface area contributed by atoms with Crippen LogP contribution in [0.15, 0.2) is 22.4 Å². The predicted octanol–water partition coefficient (Wildman–Crippen LogP) is 4.97. The van der Waals surface area contributed by atoms with Crippen molar-refractivity contribution in [3.05, 3.63) is 27.3 Å². The van der Waals surface area contributed by atoms with Crippen molar-refractivity contribution in [2.75, 3.05) is 6.26 Å². The Morgan fingerprint density at radius 1 is 1.43 bits per heavy atom. The van der Waals surface area contributed by atoms with Crippen LogP contribution in [0.5, 0.6) is 0 Å². The zero-order chi connectivity index (χ0) is 10.1. The molecule has 14 heavy (non-hydrogen) atoms. The van der Waals surface area contributed by atoms with E-state index in [9.17, 15) is 0 Å². The molecule has 1 aromatic heterocycles. The van der Waals surface area contributed by atoms with E-state index in [0.29, 0.717) is 5.88 Å². The molecular formula is C10H8ClIS2. The van der Waals surface area contributed by atoms with E-state index in [4.69, 9.17) is 11.6 Å². The van der Waals surface area contributed by atoms with E-state index >= 15 is 0 Å². The molecule has 0 nitrogen and oxygen atoms in total. The summed E-state index contributed by atoms with van der Waals surface area (Å²) in [5.41, 5.74) is 1.23. The van der Waals surface area contributed by atoms with Crippen molar-refractivity contribution < 1.29 is 0 Å². The number of benzene rings is 1. The van der Waals surface area contributed by atoms with E-state index in [-0.39, 0.29) is 0 Å². The summed E-state index contributed by atoms with van der Waals surface area (Å²) in [6.45, 7) is 0. The number of thioether (sulfide) groups is 1. The Kier molecular flexibility index (Phi) is 3.63. The minimum absolute atomic E-state index is 0.598. The largest absolute Gasteiger partial charge is 0.129 e. The normalized spacial score (nSPS) is 11.1. The smallest absolute Gasteiger partial charge is 0.0608 e. The van der Waals surface area contributed by atoms with E-state index in [2.05, 4.69) is 47.0 Å². The second kappa shape index (κ2) is 4.60. The van der Waals surface area contributed by atoms with Crippen molar-refractivity contribution in [3.8, 4) is 0 Å². The van der Waals surface area contributed by atoms with E-state index in [1.807, 2.05) is 11.3 Å². The molecule has 0 N–H and O–H groups in total. The first-order valence-corrected chi connectivity index (χ1v) is 7.72. The highest BCUT2D eigenvalue weighted by molar-refractivity contribution is 14.1. The third kappa shape index (κ3) is 2.05. The van der Waals surface area contributed by atoms with Crippen LogP contribution in [0, 0.1) is 3.57 Å². The zero-order valence-electron chi connectivity index (χ0n) is 7.51. The van der Waals surface area contributed by atoms with Crippen molar-refractivity contribution in [2.24, 2.45) is 0 Å². The standard InChI is InChI=1S/C10H8ClIS2/c1-13-10-4-6-2-8(12)7(5-11)3-9(6)14-10/h2-4H,5H2,1H3. The number of alkyl halides is 1. The Morgan fingerprint density at radius 2 is 2.21 bits per heavy atom. The van der Waals surface area contributed by atoms with Gasteiger partial charge in [-0.05, 0) is 58.0 Å². The molecule has 0 radical (unpaired) electrons. The Balaban J connectivity index is 2.64. The van der Waals surface area contributed by atoms with Gasteiger partial charge in [-0.2, -0.15) is 0 Å². The lowest BCUT2D eigenvalue weighted by molar-refractivity contribution is 1.40. The van der Waals surface area contributed by atoms with Crippen LogP contribution in [0.2, 0.25) is 0 Å². The first-order valence-electron chi connectivity index (χ1n) is 4.06. The highest BCUT2D eigenvalue weighted by atomic mass is 127. The van der Waals surface area contributed by atoms with Crippen LogP contribution >= 0.6 is 57.3 Å². The number of rotatable bonds is 2. The van der Waals surface area contributed by atoms with Gasteiger partial charge in [0.15, 0.2) is 0 Å². The maximum atomic E-state index is 5.87. The van der Waals surface area contributed by atoms with Crippen LogP contribution < -0.4 is 0 Å². The second-order valence-corrected chi connectivity index (χ2v) is 6.50. The van der Waals surface area contributed by atoms with Crippen LogP contribution in [0.4, 0.5) is 0 Å². The van der Waals surface area contributed by atoms with Gasteiger partial charge in [0.1, 0.15) is 0 Å². The summed E-state index contributed by atoms with van der Waals surface area (Å²) < 4.78 is 3.96. The molecule has 1 heterocycles. The Morgan fingerprint density at radius 3 is 2.86 bits per heavy atom. The maximum Gasteiger partial charge on any atom is 0.0608 e. The molecule has 74 valence electrons. The molecule has 0 spiro atoms. The molecule has 0 amide bonds. The molecule has 0 aliphatic rings. The first kappa shape index (κ1) is 11.0. The van der Waals surface area contributed by atoms with Crippen LogP contribution in [0.25, 0.3) is 10.1 Å².